The van der Waals surface area contributed by atoms with Gasteiger partial charge in [0.1, 0.15) is 5.01 Å². The lowest BCUT2D eigenvalue weighted by atomic mass is 9.99. The number of thiophene rings is 1. The normalized spacial score (nSPS) is 17.8. The van der Waals surface area contributed by atoms with E-state index in [0.717, 1.165) is 22.7 Å². The van der Waals surface area contributed by atoms with Gasteiger partial charge in [0, 0.05) is 10.8 Å². The molecule has 0 aliphatic heterocycles. The number of hydrogen-bond donors (Lipinski definition) is 1. The Bertz CT molecular complexity index is 634. The van der Waals surface area contributed by atoms with Gasteiger partial charge in [0.25, 0.3) is 5.91 Å². The molecule has 1 N–H and O–H groups in total. The quantitative estimate of drug-likeness (QED) is 0.942. The van der Waals surface area contributed by atoms with Crippen LogP contribution in [0.1, 0.15) is 56.7 Å². The third kappa shape index (κ3) is 2.38. The molecule has 2 aromatic heterocycles. The van der Waals surface area contributed by atoms with Gasteiger partial charge < -0.3 is 0 Å². The molecule has 20 heavy (non-hydrogen) atoms. The fraction of sp³-hybridized carbons (Fsp3) is 0.500. The SMILES string of the molecule is O=C(Nc1nnc(C2CC2)s1)c1cc2c(s1)CCCC2. The number of aryl methyl sites for hydroxylation is 2. The van der Waals surface area contributed by atoms with E-state index < -0.39 is 0 Å². The van der Waals surface area contributed by atoms with E-state index in [9.17, 15) is 4.79 Å². The summed E-state index contributed by atoms with van der Waals surface area (Å²) < 4.78 is 0. The topological polar surface area (TPSA) is 54.9 Å². The highest BCUT2D eigenvalue weighted by Gasteiger charge is 2.28. The molecule has 0 aromatic carbocycles. The number of hydrogen-bond acceptors (Lipinski definition) is 5. The number of anilines is 1. The zero-order valence-corrected chi connectivity index (χ0v) is 12.6. The fourth-order valence-electron chi connectivity index (χ4n) is 2.54. The van der Waals surface area contributed by atoms with E-state index in [1.807, 2.05) is 0 Å². The molecule has 2 aliphatic rings. The largest absolute Gasteiger partial charge is 0.296 e. The minimum atomic E-state index is -0.0390. The highest BCUT2D eigenvalue weighted by atomic mass is 32.1. The van der Waals surface area contributed by atoms with Crippen molar-refractivity contribution < 1.29 is 4.79 Å². The standard InChI is InChI=1S/C14H15N3OS2/c18-12(11-7-9-3-1-2-4-10(9)19-11)15-14-17-16-13(20-14)8-5-6-8/h7-8H,1-6H2,(H,15,17,18). The molecular weight excluding hydrogens is 290 g/mol. The molecule has 4 rings (SSSR count). The molecule has 0 saturated heterocycles. The first-order valence-electron chi connectivity index (χ1n) is 7.06. The molecule has 1 fully saturated rings. The van der Waals surface area contributed by atoms with Crippen LogP contribution < -0.4 is 5.32 Å². The van der Waals surface area contributed by atoms with Gasteiger partial charge >= 0.3 is 0 Å². The molecule has 0 unspecified atom stereocenters. The van der Waals surface area contributed by atoms with E-state index in [0.29, 0.717) is 11.0 Å². The van der Waals surface area contributed by atoms with Crippen LogP contribution in [0.4, 0.5) is 5.13 Å². The highest BCUT2D eigenvalue weighted by Crippen LogP contribution is 2.42. The van der Waals surface area contributed by atoms with Crippen LogP contribution in [-0.4, -0.2) is 16.1 Å². The Kier molecular flexibility index (Phi) is 3.07. The van der Waals surface area contributed by atoms with Crippen molar-refractivity contribution in [3.63, 3.8) is 0 Å². The van der Waals surface area contributed by atoms with Crippen molar-refractivity contribution in [3.8, 4) is 0 Å². The van der Waals surface area contributed by atoms with Gasteiger partial charge in [-0.1, -0.05) is 11.3 Å². The van der Waals surface area contributed by atoms with Gasteiger partial charge in [-0.3, -0.25) is 10.1 Å². The van der Waals surface area contributed by atoms with Crippen molar-refractivity contribution in [1.82, 2.24) is 10.2 Å². The number of amides is 1. The summed E-state index contributed by atoms with van der Waals surface area (Å²) in [4.78, 5) is 14.5. The first kappa shape index (κ1) is 12.5. The second-order valence-corrected chi connectivity index (χ2v) is 7.59. The Balaban J connectivity index is 1.49. The van der Waals surface area contributed by atoms with Gasteiger partial charge in [0.2, 0.25) is 5.13 Å². The first-order valence-corrected chi connectivity index (χ1v) is 8.69. The van der Waals surface area contributed by atoms with E-state index in [1.54, 1.807) is 11.3 Å². The average Bonchev–Trinajstić information content (AvgIpc) is 3.04. The van der Waals surface area contributed by atoms with Crippen molar-refractivity contribution >= 4 is 33.7 Å². The predicted molar refractivity (Wildman–Crippen MR) is 80.8 cm³/mol. The lowest BCUT2D eigenvalue weighted by Crippen LogP contribution is -2.09. The first-order chi connectivity index (χ1) is 9.79. The number of nitrogens with zero attached hydrogens (tertiary/aromatic N) is 2. The molecule has 0 spiro atoms. The van der Waals surface area contributed by atoms with Gasteiger partial charge in [-0.05, 0) is 50.2 Å². The number of rotatable bonds is 3. The zero-order valence-electron chi connectivity index (χ0n) is 11.0. The Morgan fingerprint density at radius 3 is 2.85 bits per heavy atom. The van der Waals surface area contributed by atoms with Gasteiger partial charge in [-0.25, -0.2) is 0 Å². The van der Waals surface area contributed by atoms with Crippen molar-refractivity contribution in [2.24, 2.45) is 0 Å². The van der Waals surface area contributed by atoms with Crippen LogP contribution in [-0.2, 0) is 12.8 Å². The number of nitrogens with one attached hydrogen (secondary N) is 1. The van der Waals surface area contributed by atoms with Crippen LogP contribution in [0.5, 0.6) is 0 Å². The summed E-state index contributed by atoms with van der Waals surface area (Å²) in [6.07, 6.45) is 7.14. The van der Waals surface area contributed by atoms with Crippen LogP contribution in [0.2, 0.25) is 0 Å². The molecule has 4 nitrogen and oxygen atoms in total. The third-order valence-electron chi connectivity index (χ3n) is 3.81. The highest BCUT2D eigenvalue weighted by molar-refractivity contribution is 7.16. The minimum absolute atomic E-state index is 0.0390. The number of carbonyl (C=O) groups excluding carboxylic acids is 1. The molecule has 2 aromatic rings. The van der Waals surface area contributed by atoms with E-state index in [-0.39, 0.29) is 5.91 Å². The molecule has 104 valence electrons. The van der Waals surface area contributed by atoms with Crippen molar-refractivity contribution in [1.29, 1.82) is 0 Å². The summed E-state index contributed by atoms with van der Waals surface area (Å²) in [6.45, 7) is 0. The van der Waals surface area contributed by atoms with E-state index in [4.69, 9.17) is 0 Å². The summed E-state index contributed by atoms with van der Waals surface area (Å²) >= 11 is 3.14. The van der Waals surface area contributed by atoms with E-state index in [2.05, 4.69) is 21.6 Å². The summed E-state index contributed by atoms with van der Waals surface area (Å²) in [5.41, 5.74) is 1.36. The molecule has 0 atom stereocenters. The maximum atomic E-state index is 12.3. The van der Waals surface area contributed by atoms with Crippen LogP contribution >= 0.6 is 22.7 Å². The molecule has 2 aliphatic carbocycles. The lowest BCUT2D eigenvalue weighted by molar-refractivity contribution is 0.103. The summed E-state index contributed by atoms with van der Waals surface area (Å²) in [5, 5.41) is 12.8. The Morgan fingerprint density at radius 2 is 2.05 bits per heavy atom. The number of carbonyl (C=O) groups is 1. The molecule has 1 saturated carbocycles. The van der Waals surface area contributed by atoms with Gasteiger partial charge in [-0.2, -0.15) is 0 Å². The Hall–Kier alpha value is -1.27. The predicted octanol–water partition coefficient (Wildman–Crippen LogP) is 3.61. The van der Waals surface area contributed by atoms with Crippen LogP contribution in [0.3, 0.4) is 0 Å². The van der Waals surface area contributed by atoms with Crippen LogP contribution in [0, 0.1) is 0 Å². The second-order valence-electron chi connectivity index (χ2n) is 5.44. The van der Waals surface area contributed by atoms with Crippen LogP contribution in [0.15, 0.2) is 6.07 Å². The van der Waals surface area contributed by atoms with Gasteiger partial charge in [0.05, 0.1) is 4.88 Å². The summed E-state index contributed by atoms with van der Waals surface area (Å²) in [5.74, 6) is 0.551. The van der Waals surface area contributed by atoms with Crippen LogP contribution in [0.25, 0.3) is 0 Å². The van der Waals surface area contributed by atoms with Crippen molar-refractivity contribution in [3.05, 3.63) is 26.4 Å². The summed E-state index contributed by atoms with van der Waals surface area (Å²) in [6, 6.07) is 2.05. The molecule has 0 radical (unpaired) electrons. The summed E-state index contributed by atoms with van der Waals surface area (Å²) in [7, 11) is 0. The van der Waals surface area contributed by atoms with Gasteiger partial charge in [0.15, 0.2) is 0 Å². The smallest absolute Gasteiger partial charge is 0.267 e. The fourth-order valence-corrected chi connectivity index (χ4v) is 4.60. The van der Waals surface area contributed by atoms with E-state index in [1.165, 1.54) is 47.5 Å². The molecule has 0 bridgehead atoms. The second kappa shape index (κ2) is 4.93. The Labute approximate surface area is 125 Å². The zero-order chi connectivity index (χ0) is 13.5. The van der Waals surface area contributed by atoms with Crippen molar-refractivity contribution in [2.75, 3.05) is 5.32 Å². The van der Waals surface area contributed by atoms with Crippen molar-refractivity contribution in [2.45, 2.75) is 44.4 Å². The molecule has 1 amide bonds. The molecule has 6 heteroatoms. The lowest BCUT2D eigenvalue weighted by Gasteiger charge is -2.08. The third-order valence-corrected chi connectivity index (χ3v) is 6.05. The Morgan fingerprint density at radius 1 is 1.20 bits per heavy atom. The minimum Gasteiger partial charge on any atom is -0.296 e. The average molecular weight is 305 g/mol. The monoisotopic (exact) mass is 305 g/mol. The number of fused-ring (bicyclic) bond motifs is 1. The maximum absolute atomic E-state index is 12.3. The van der Waals surface area contributed by atoms with E-state index >= 15 is 0 Å². The number of aromatic nitrogens is 2. The molecular formula is C14H15N3OS2. The molecule has 2 heterocycles. The van der Waals surface area contributed by atoms with Gasteiger partial charge in [-0.15, -0.1) is 21.5 Å². The maximum Gasteiger partial charge on any atom is 0.267 e.